The van der Waals surface area contributed by atoms with Crippen molar-refractivity contribution < 1.29 is 4.79 Å². The van der Waals surface area contributed by atoms with E-state index in [1.165, 1.54) is 0 Å². The lowest BCUT2D eigenvalue weighted by molar-refractivity contribution is -0.121. The summed E-state index contributed by atoms with van der Waals surface area (Å²) < 4.78 is 0. The van der Waals surface area contributed by atoms with E-state index in [2.05, 4.69) is 16.6 Å². The molecule has 0 spiro atoms. The van der Waals surface area contributed by atoms with Crippen molar-refractivity contribution in [2.75, 3.05) is 13.1 Å². The maximum absolute atomic E-state index is 11.0. The molecule has 1 amide bonds. The highest BCUT2D eigenvalue weighted by atomic mass is 16.1. The van der Waals surface area contributed by atoms with Gasteiger partial charge in [0.1, 0.15) is 6.04 Å². The minimum atomic E-state index is -0.498. The van der Waals surface area contributed by atoms with Crippen LogP contribution in [0.15, 0.2) is 0 Å². The first-order valence-corrected chi connectivity index (χ1v) is 4.07. The van der Waals surface area contributed by atoms with Crippen LogP contribution in [0.25, 0.3) is 0 Å². The maximum Gasteiger partial charge on any atom is 0.222 e. The predicted molar refractivity (Wildman–Crippen MR) is 49.5 cm³/mol. The second kappa shape index (κ2) is 7.15. The van der Waals surface area contributed by atoms with Gasteiger partial charge in [0, 0.05) is 6.54 Å². The van der Waals surface area contributed by atoms with Crippen LogP contribution < -0.4 is 10.6 Å². The molecule has 0 radical (unpaired) electrons. The van der Waals surface area contributed by atoms with E-state index in [9.17, 15) is 4.79 Å². The summed E-state index contributed by atoms with van der Waals surface area (Å²) in [7, 11) is 0. The smallest absolute Gasteiger partial charge is 0.222 e. The lowest BCUT2D eigenvalue weighted by atomic mass is 10.2. The SMILES string of the molecule is C#CCNC(C#N)CC(=O)NCC. The molecular weight excluding hydrogens is 166 g/mol. The zero-order valence-electron chi connectivity index (χ0n) is 7.63. The fourth-order valence-corrected chi connectivity index (χ4v) is 0.800. The number of nitriles is 1. The topological polar surface area (TPSA) is 64.9 Å². The van der Waals surface area contributed by atoms with E-state index < -0.39 is 6.04 Å². The summed E-state index contributed by atoms with van der Waals surface area (Å²) >= 11 is 0. The van der Waals surface area contributed by atoms with Crippen LogP contribution in [0.2, 0.25) is 0 Å². The lowest BCUT2D eigenvalue weighted by Gasteiger charge is -2.08. The Morgan fingerprint density at radius 2 is 2.38 bits per heavy atom. The highest BCUT2D eigenvalue weighted by molar-refractivity contribution is 5.76. The molecule has 0 aliphatic rings. The molecule has 0 aromatic carbocycles. The van der Waals surface area contributed by atoms with Crippen molar-refractivity contribution in [3.8, 4) is 18.4 Å². The van der Waals surface area contributed by atoms with Gasteiger partial charge in [-0.15, -0.1) is 6.42 Å². The van der Waals surface area contributed by atoms with Crippen molar-refractivity contribution in [3.05, 3.63) is 0 Å². The third-order valence-corrected chi connectivity index (χ3v) is 1.37. The largest absolute Gasteiger partial charge is 0.356 e. The van der Waals surface area contributed by atoms with Crippen molar-refractivity contribution in [2.45, 2.75) is 19.4 Å². The highest BCUT2D eigenvalue weighted by Crippen LogP contribution is 1.89. The maximum atomic E-state index is 11.0. The van der Waals surface area contributed by atoms with E-state index in [1.54, 1.807) is 0 Å². The summed E-state index contributed by atoms with van der Waals surface area (Å²) in [5.74, 6) is 2.20. The Bertz CT molecular complexity index is 236. The fourth-order valence-electron chi connectivity index (χ4n) is 0.800. The van der Waals surface area contributed by atoms with Gasteiger partial charge in [-0.2, -0.15) is 5.26 Å². The van der Waals surface area contributed by atoms with Gasteiger partial charge >= 0.3 is 0 Å². The number of carbonyl (C=O) groups excluding carboxylic acids is 1. The van der Waals surface area contributed by atoms with Gasteiger partial charge in [-0.25, -0.2) is 0 Å². The molecule has 0 heterocycles. The van der Waals surface area contributed by atoms with Gasteiger partial charge in [0.05, 0.1) is 19.0 Å². The van der Waals surface area contributed by atoms with Crippen molar-refractivity contribution >= 4 is 5.91 Å². The predicted octanol–water partition coefficient (Wildman–Crippen LogP) is -0.372. The summed E-state index contributed by atoms with van der Waals surface area (Å²) in [5.41, 5.74) is 0. The van der Waals surface area contributed by atoms with Gasteiger partial charge in [0.25, 0.3) is 0 Å². The zero-order chi connectivity index (χ0) is 10.1. The summed E-state index contributed by atoms with van der Waals surface area (Å²) in [6.45, 7) is 2.71. The third kappa shape index (κ3) is 5.72. The molecule has 4 nitrogen and oxygen atoms in total. The number of nitrogens with one attached hydrogen (secondary N) is 2. The van der Waals surface area contributed by atoms with E-state index in [4.69, 9.17) is 11.7 Å². The second-order valence-electron chi connectivity index (χ2n) is 2.42. The van der Waals surface area contributed by atoms with Crippen LogP contribution in [0.4, 0.5) is 0 Å². The fraction of sp³-hybridized carbons (Fsp3) is 0.556. The summed E-state index contributed by atoms with van der Waals surface area (Å²) in [6.07, 6.45) is 5.14. The van der Waals surface area contributed by atoms with Crippen molar-refractivity contribution in [1.29, 1.82) is 5.26 Å². The molecule has 2 N–H and O–H groups in total. The van der Waals surface area contributed by atoms with Gasteiger partial charge in [-0.05, 0) is 6.92 Å². The van der Waals surface area contributed by atoms with E-state index in [0.29, 0.717) is 13.1 Å². The Kier molecular flexibility index (Phi) is 6.31. The first-order valence-electron chi connectivity index (χ1n) is 4.07. The number of rotatable bonds is 5. The Labute approximate surface area is 78.3 Å². The Balaban J connectivity index is 3.79. The van der Waals surface area contributed by atoms with Gasteiger partial charge in [-0.3, -0.25) is 10.1 Å². The minimum absolute atomic E-state index is 0.140. The third-order valence-electron chi connectivity index (χ3n) is 1.37. The quantitative estimate of drug-likeness (QED) is 0.566. The molecule has 0 fully saturated rings. The van der Waals surface area contributed by atoms with Gasteiger partial charge in [0.15, 0.2) is 0 Å². The van der Waals surface area contributed by atoms with Crippen LogP contribution in [-0.2, 0) is 4.79 Å². The Morgan fingerprint density at radius 1 is 1.69 bits per heavy atom. The molecule has 0 saturated heterocycles. The van der Waals surface area contributed by atoms with Crippen molar-refractivity contribution in [2.24, 2.45) is 0 Å². The molecule has 0 saturated carbocycles. The number of nitrogens with zero attached hydrogens (tertiary/aromatic N) is 1. The summed E-state index contributed by atoms with van der Waals surface area (Å²) in [6, 6.07) is 1.46. The van der Waals surface area contributed by atoms with E-state index in [-0.39, 0.29) is 12.3 Å². The average Bonchev–Trinajstić information content (AvgIpc) is 2.12. The van der Waals surface area contributed by atoms with Crippen molar-refractivity contribution in [1.82, 2.24) is 10.6 Å². The molecule has 0 aliphatic carbocycles. The Morgan fingerprint density at radius 3 is 2.85 bits per heavy atom. The molecule has 0 rings (SSSR count). The lowest BCUT2D eigenvalue weighted by Crippen LogP contribution is -2.34. The van der Waals surface area contributed by atoms with Crippen LogP contribution >= 0.6 is 0 Å². The molecular formula is C9H13N3O. The Hall–Kier alpha value is -1.52. The highest BCUT2D eigenvalue weighted by Gasteiger charge is 2.10. The first kappa shape index (κ1) is 11.5. The molecule has 70 valence electrons. The number of hydrogen-bond donors (Lipinski definition) is 2. The van der Waals surface area contributed by atoms with Gasteiger partial charge in [-0.1, -0.05) is 5.92 Å². The first-order chi connectivity index (χ1) is 6.24. The number of carbonyl (C=O) groups is 1. The van der Waals surface area contributed by atoms with Crippen LogP contribution in [0.3, 0.4) is 0 Å². The zero-order valence-corrected chi connectivity index (χ0v) is 7.63. The molecule has 1 unspecified atom stereocenters. The van der Waals surface area contributed by atoms with Gasteiger partial charge < -0.3 is 5.32 Å². The average molecular weight is 179 g/mol. The molecule has 0 aromatic rings. The van der Waals surface area contributed by atoms with E-state index in [0.717, 1.165) is 0 Å². The van der Waals surface area contributed by atoms with Crippen LogP contribution in [0.1, 0.15) is 13.3 Å². The number of amides is 1. The van der Waals surface area contributed by atoms with Crippen molar-refractivity contribution in [3.63, 3.8) is 0 Å². The number of terminal acetylenes is 1. The van der Waals surface area contributed by atoms with Gasteiger partial charge in [0.2, 0.25) is 5.91 Å². The summed E-state index contributed by atoms with van der Waals surface area (Å²) in [4.78, 5) is 11.0. The summed E-state index contributed by atoms with van der Waals surface area (Å²) in [5, 5.41) is 14.0. The molecule has 13 heavy (non-hydrogen) atoms. The van der Waals surface area contributed by atoms with E-state index >= 15 is 0 Å². The number of hydrogen-bond acceptors (Lipinski definition) is 3. The van der Waals surface area contributed by atoms with Crippen LogP contribution in [0.5, 0.6) is 0 Å². The van der Waals surface area contributed by atoms with E-state index in [1.807, 2.05) is 13.0 Å². The monoisotopic (exact) mass is 179 g/mol. The molecule has 0 aromatic heterocycles. The molecule has 4 heteroatoms. The minimum Gasteiger partial charge on any atom is -0.356 e. The van der Waals surface area contributed by atoms with Crippen LogP contribution in [0, 0.1) is 23.7 Å². The molecule has 0 bridgehead atoms. The molecule has 1 atom stereocenters. The standard InChI is InChI=1S/C9H13N3O/c1-3-5-12-8(7-10)6-9(13)11-4-2/h1,8,12H,4-6H2,2H3,(H,11,13). The van der Waals surface area contributed by atoms with Crippen LogP contribution in [-0.4, -0.2) is 25.0 Å². The second-order valence-corrected chi connectivity index (χ2v) is 2.42. The normalized spacial score (nSPS) is 11.0. The molecule has 0 aliphatic heterocycles.